The number of benzene rings is 1. The summed E-state index contributed by atoms with van der Waals surface area (Å²) < 4.78 is 0. The number of nitriles is 1. The second kappa shape index (κ2) is 5.65. The van der Waals surface area contributed by atoms with Crippen LogP contribution in [0.3, 0.4) is 0 Å². The van der Waals surface area contributed by atoms with Crippen molar-refractivity contribution < 1.29 is 4.79 Å². The van der Waals surface area contributed by atoms with E-state index >= 15 is 0 Å². The quantitative estimate of drug-likeness (QED) is 0.853. The number of nitrogens with zero attached hydrogens (tertiary/aromatic N) is 2. The third-order valence-corrected chi connectivity index (χ3v) is 3.14. The molecular formula is C14H17N3O. The van der Waals surface area contributed by atoms with Crippen LogP contribution in [0.2, 0.25) is 0 Å². The van der Waals surface area contributed by atoms with Gasteiger partial charge < -0.3 is 10.2 Å². The molecule has 1 N–H and O–H groups in total. The van der Waals surface area contributed by atoms with Crippen LogP contribution < -0.4 is 10.2 Å². The van der Waals surface area contributed by atoms with E-state index in [4.69, 9.17) is 5.26 Å². The van der Waals surface area contributed by atoms with Crippen molar-refractivity contribution in [3.8, 4) is 6.07 Å². The third kappa shape index (κ3) is 3.31. The number of carbonyl (C=O) groups excluding carboxylic acids is 1. The molecule has 0 spiro atoms. The summed E-state index contributed by atoms with van der Waals surface area (Å²) in [4.78, 5) is 13.5. The minimum absolute atomic E-state index is 0.0192. The van der Waals surface area contributed by atoms with Crippen molar-refractivity contribution in [1.29, 1.82) is 5.26 Å². The zero-order valence-electron chi connectivity index (χ0n) is 10.5. The van der Waals surface area contributed by atoms with Gasteiger partial charge >= 0.3 is 0 Å². The van der Waals surface area contributed by atoms with Crippen LogP contribution in [0.1, 0.15) is 18.4 Å². The van der Waals surface area contributed by atoms with Crippen LogP contribution in [0.15, 0.2) is 24.3 Å². The minimum Gasteiger partial charge on any atom is -0.314 e. The maximum absolute atomic E-state index is 11.9. The SMILES string of the molecule is CN(C(=O)CNCC1CC1)c1cccc(C#N)c1. The van der Waals surface area contributed by atoms with Crippen molar-refractivity contribution in [1.82, 2.24) is 5.32 Å². The average molecular weight is 243 g/mol. The van der Waals surface area contributed by atoms with E-state index in [9.17, 15) is 4.79 Å². The summed E-state index contributed by atoms with van der Waals surface area (Å²) in [5.74, 6) is 0.788. The van der Waals surface area contributed by atoms with E-state index in [0.29, 0.717) is 12.1 Å². The van der Waals surface area contributed by atoms with Crippen LogP contribution in [0.5, 0.6) is 0 Å². The number of carbonyl (C=O) groups is 1. The van der Waals surface area contributed by atoms with E-state index in [1.807, 2.05) is 6.07 Å². The molecule has 1 amide bonds. The molecule has 1 fully saturated rings. The predicted octanol–water partition coefficient (Wildman–Crippen LogP) is 1.52. The van der Waals surface area contributed by atoms with Crippen molar-refractivity contribution in [2.24, 2.45) is 5.92 Å². The molecule has 1 aromatic carbocycles. The summed E-state index contributed by atoms with van der Waals surface area (Å²) in [6.07, 6.45) is 2.56. The molecule has 0 atom stereocenters. The molecule has 0 heterocycles. The van der Waals surface area contributed by atoms with Gasteiger partial charge in [0.25, 0.3) is 0 Å². The van der Waals surface area contributed by atoms with Crippen molar-refractivity contribution >= 4 is 11.6 Å². The molecule has 1 aromatic rings. The Labute approximate surface area is 107 Å². The molecule has 0 aliphatic heterocycles. The van der Waals surface area contributed by atoms with Gasteiger partial charge in [0.1, 0.15) is 0 Å². The summed E-state index contributed by atoms with van der Waals surface area (Å²) >= 11 is 0. The number of likely N-dealkylation sites (N-methyl/N-ethyl adjacent to an activating group) is 1. The van der Waals surface area contributed by atoms with Crippen LogP contribution in [0, 0.1) is 17.2 Å². The Bertz CT molecular complexity index is 474. The number of rotatable bonds is 5. The van der Waals surface area contributed by atoms with Crippen molar-refractivity contribution in [3.63, 3.8) is 0 Å². The van der Waals surface area contributed by atoms with Gasteiger partial charge in [0.15, 0.2) is 0 Å². The minimum atomic E-state index is 0.0192. The van der Waals surface area contributed by atoms with E-state index in [2.05, 4.69) is 11.4 Å². The van der Waals surface area contributed by atoms with E-state index in [1.54, 1.807) is 30.1 Å². The van der Waals surface area contributed by atoms with Crippen LogP contribution in [0.25, 0.3) is 0 Å². The zero-order valence-corrected chi connectivity index (χ0v) is 10.5. The Morgan fingerprint density at radius 3 is 3.00 bits per heavy atom. The largest absolute Gasteiger partial charge is 0.314 e. The summed E-state index contributed by atoms with van der Waals surface area (Å²) in [5.41, 5.74) is 1.32. The first-order chi connectivity index (χ1) is 8.70. The Kier molecular flexibility index (Phi) is 3.96. The molecule has 2 rings (SSSR count). The van der Waals surface area contributed by atoms with Gasteiger partial charge in [0, 0.05) is 12.7 Å². The normalized spacial score (nSPS) is 14.0. The lowest BCUT2D eigenvalue weighted by Crippen LogP contribution is -2.36. The van der Waals surface area contributed by atoms with Gasteiger partial charge in [-0.1, -0.05) is 6.07 Å². The first kappa shape index (κ1) is 12.6. The molecule has 1 saturated carbocycles. The van der Waals surface area contributed by atoms with Crippen molar-refractivity contribution in [3.05, 3.63) is 29.8 Å². The predicted molar refractivity (Wildman–Crippen MR) is 70.2 cm³/mol. The molecule has 0 unspecified atom stereocenters. The summed E-state index contributed by atoms with van der Waals surface area (Å²) in [5, 5.41) is 12.0. The van der Waals surface area contributed by atoms with Gasteiger partial charge in [0.05, 0.1) is 18.2 Å². The first-order valence-electron chi connectivity index (χ1n) is 6.18. The number of hydrogen-bond acceptors (Lipinski definition) is 3. The fourth-order valence-electron chi connectivity index (χ4n) is 1.75. The van der Waals surface area contributed by atoms with Crippen molar-refractivity contribution in [2.45, 2.75) is 12.8 Å². The summed E-state index contributed by atoms with van der Waals surface area (Å²) in [7, 11) is 1.73. The van der Waals surface area contributed by atoms with E-state index in [0.717, 1.165) is 18.2 Å². The van der Waals surface area contributed by atoms with E-state index in [-0.39, 0.29) is 5.91 Å². The smallest absolute Gasteiger partial charge is 0.240 e. The molecule has 0 aromatic heterocycles. The molecule has 4 nitrogen and oxygen atoms in total. The standard InChI is InChI=1S/C14H17N3O/c1-17(13-4-2-3-12(7-13)8-15)14(18)10-16-9-11-5-6-11/h2-4,7,11,16H,5-6,9-10H2,1H3. The lowest BCUT2D eigenvalue weighted by Gasteiger charge is -2.17. The molecule has 0 bridgehead atoms. The lowest BCUT2D eigenvalue weighted by atomic mass is 10.2. The maximum Gasteiger partial charge on any atom is 0.240 e. The number of anilines is 1. The molecule has 1 aliphatic rings. The molecule has 18 heavy (non-hydrogen) atoms. The zero-order chi connectivity index (χ0) is 13.0. The Morgan fingerprint density at radius 1 is 1.56 bits per heavy atom. The molecule has 0 radical (unpaired) electrons. The highest BCUT2D eigenvalue weighted by Gasteiger charge is 2.21. The maximum atomic E-state index is 11.9. The van der Waals surface area contributed by atoms with Crippen LogP contribution in [0.4, 0.5) is 5.69 Å². The fourth-order valence-corrected chi connectivity index (χ4v) is 1.75. The molecule has 4 heteroatoms. The monoisotopic (exact) mass is 243 g/mol. The van der Waals surface area contributed by atoms with Crippen molar-refractivity contribution in [2.75, 3.05) is 25.0 Å². The topological polar surface area (TPSA) is 56.1 Å². The Morgan fingerprint density at radius 2 is 2.33 bits per heavy atom. The lowest BCUT2D eigenvalue weighted by molar-refractivity contribution is -0.117. The molecule has 1 aliphatic carbocycles. The summed E-state index contributed by atoms with van der Waals surface area (Å²) in [6.45, 7) is 1.28. The molecular weight excluding hydrogens is 226 g/mol. The third-order valence-electron chi connectivity index (χ3n) is 3.14. The van der Waals surface area contributed by atoms with Crippen LogP contribution in [-0.2, 0) is 4.79 Å². The van der Waals surface area contributed by atoms with Gasteiger partial charge in [-0.3, -0.25) is 4.79 Å². The first-order valence-corrected chi connectivity index (χ1v) is 6.18. The summed E-state index contributed by atoms with van der Waals surface area (Å²) in [6, 6.07) is 9.14. The Balaban J connectivity index is 1.89. The van der Waals surface area contributed by atoms with E-state index in [1.165, 1.54) is 12.8 Å². The van der Waals surface area contributed by atoms with Gasteiger partial charge in [-0.15, -0.1) is 0 Å². The fraction of sp³-hybridized carbons (Fsp3) is 0.429. The van der Waals surface area contributed by atoms with Gasteiger partial charge in [-0.2, -0.15) is 5.26 Å². The second-order valence-electron chi connectivity index (χ2n) is 4.69. The molecule has 0 saturated heterocycles. The number of nitrogens with one attached hydrogen (secondary N) is 1. The van der Waals surface area contributed by atoms with E-state index < -0.39 is 0 Å². The number of amides is 1. The second-order valence-corrected chi connectivity index (χ2v) is 4.69. The van der Waals surface area contributed by atoms with Crippen LogP contribution in [-0.4, -0.2) is 26.0 Å². The van der Waals surface area contributed by atoms with Gasteiger partial charge in [0.2, 0.25) is 5.91 Å². The van der Waals surface area contributed by atoms with Gasteiger partial charge in [-0.25, -0.2) is 0 Å². The van der Waals surface area contributed by atoms with Gasteiger partial charge in [-0.05, 0) is 43.5 Å². The highest BCUT2D eigenvalue weighted by Crippen LogP contribution is 2.27. The Hall–Kier alpha value is -1.86. The van der Waals surface area contributed by atoms with Crippen LogP contribution >= 0.6 is 0 Å². The highest BCUT2D eigenvalue weighted by molar-refractivity contribution is 5.94. The molecule has 94 valence electrons. The highest BCUT2D eigenvalue weighted by atomic mass is 16.2. The average Bonchev–Trinajstić information content (AvgIpc) is 3.22. The number of hydrogen-bond donors (Lipinski definition) is 1.